The van der Waals surface area contributed by atoms with Crippen LogP contribution in [0.15, 0.2) is 12.2 Å². The van der Waals surface area contributed by atoms with Crippen LogP contribution >= 0.6 is 0 Å². The molecule has 0 amide bonds. The van der Waals surface area contributed by atoms with Crippen LogP contribution in [0.2, 0.25) is 0 Å². The van der Waals surface area contributed by atoms with Gasteiger partial charge in [0, 0.05) is 0 Å². The Morgan fingerprint density at radius 2 is 2.20 bits per heavy atom. The molecule has 1 aliphatic rings. The maximum atomic E-state index is 8.36. The first-order valence-corrected chi connectivity index (χ1v) is 3.90. The number of rotatable bonds is 1. The fourth-order valence-corrected chi connectivity index (χ4v) is 1.22. The van der Waals surface area contributed by atoms with E-state index in [9.17, 15) is 0 Å². The minimum atomic E-state index is -0.0553. The summed E-state index contributed by atoms with van der Waals surface area (Å²) in [6, 6.07) is 0. The first kappa shape index (κ1) is 7.76. The third-order valence-electron chi connectivity index (χ3n) is 1.85. The van der Waals surface area contributed by atoms with E-state index in [-0.39, 0.29) is 6.10 Å². The lowest BCUT2D eigenvalue weighted by Crippen LogP contribution is -2.07. The van der Waals surface area contributed by atoms with E-state index in [0.29, 0.717) is 0 Å². The molecule has 0 saturated heterocycles. The minimum absolute atomic E-state index is 0.0553. The molecule has 0 spiro atoms. The van der Waals surface area contributed by atoms with Crippen LogP contribution in [0.5, 0.6) is 0 Å². The maximum Gasteiger partial charge on any atom is 0.111 e. The zero-order valence-corrected chi connectivity index (χ0v) is 6.12. The molecule has 0 aromatic heterocycles. The van der Waals surface area contributed by atoms with Gasteiger partial charge in [-0.3, -0.25) is 5.26 Å². The van der Waals surface area contributed by atoms with E-state index in [1.165, 1.54) is 12.8 Å². The molecule has 0 aliphatic heterocycles. The molecule has 10 heavy (non-hydrogen) atoms. The van der Waals surface area contributed by atoms with Gasteiger partial charge in [-0.05, 0) is 19.3 Å². The molecule has 1 N–H and O–H groups in total. The van der Waals surface area contributed by atoms with E-state index >= 15 is 0 Å². The van der Waals surface area contributed by atoms with Crippen molar-refractivity contribution in [3.63, 3.8) is 0 Å². The average Bonchev–Trinajstić information content (AvgIpc) is 1.87. The molecular formula is C8H14O2. The predicted molar refractivity (Wildman–Crippen MR) is 39.7 cm³/mol. The standard InChI is InChI=1S/C8H14O2/c9-10-8-6-4-2-1-3-5-7-8/h4,6,8-9H,1-3,5,7H2/b6-4-. The summed E-state index contributed by atoms with van der Waals surface area (Å²) in [4.78, 5) is 4.24. The van der Waals surface area contributed by atoms with Gasteiger partial charge in [-0.2, -0.15) is 0 Å². The normalized spacial score (nSPS) is 30.7. The van der Waals surface area contributed by atoms with Gasteiger partial charge < -0.3 is 0 Å². The van der Waals surface area contributed by atoms with Crippen LogP contribution < -0.4 is 0 Å². The van der Waals surface area contributed by atoms with E-state index in [4.69, 9.17) is 5.26 Å². The lowest BCUT2D eigenvalue weighted by atomic mass is 10.0. The maximum absolute atomic E-state index is 8.36. The van der Waals surface area contributed by atoms with Crippen molar-refractivity contribution in [1.29, 1.82) is 0 Å². The molecule has 0 aromatic rings. The molecule has 0 bridgehead atoms. The fourth-order valence-electron chi connectivity index (χ4n) is 1.22. The van der Waals surface area contributed by atoms with E-state index in [2.05, 4.69) is 11.0 Å². The molecule has 58 valence electrons. The molecule has 0 heterocycles. The van der Waals surface area contributed by atoms with Gasteiger partial charge in [-0.25, -0.2) is 4.89 Å². The molecule has 0 saturated carbocycles. The second kappa shape index (κ2) is 4.47. The Hall–Kier alpha value is -0.340. The zero-order chi connectivity index (χ0) is 7.23. The number of hydrogen-bond acceptors (Lipinski definition) is 2. The van der Waals surface area contributed by atoms with E-state index in [0.717, 1.165) is 19.3 Å². The Labute approximate surface area is 61.4 Å². The van der Waals surface area contributed by atoms with Gasteiger partial charge in [-0.1, -0.05) is 25.0 Å². The van der Waals surface area contributed by atoms with Gasteiger partial charge in [0.05, 0.1) is 0 Å². The summed E-state index contributed by atoms with van der Waals surface area (Å²) in [6.45, 7) is 0. The lowest BCUT2D eigenvalue weighted by molar-refractivity contribution is -0.267. The van der Waals surface area contributed by atoms with Crippen molar-refractivity contribution in [3.05, 3.63) is 12.2 Å². The van der Waals surface area contributed by atoms with Gasteiger partial charge in [0.15, 0.2) is 0 Å². The van der Waals surface area contributed by atoms with Crippen LogP contribution in [0.4, 0.5) is 0 Å². The smallest absolute Gasteiger partial charge is 0.111 e. The van der Waals surface area contributed by atoms with Crippen LogP contribution in [0.25, 0.3) is 0 Å². The van der Waals surface area contributed by atoms with Crippen LogP contribution in [0, 0.1) is 0 Å². The van der Waals surface area contributed by atoms with Crippen molar-refractivity contribution in [1.82, 2.24) is 0 Å². The number of allylic oxidation sites excluding steroid dienone is 1. The van der Waals surface area contributed by atoms with Crippen molar-refractivity contribution >= 4 is 0 Å². The monoisotopic (exact) mass is 142 g/mol. The molecule has 1 atom stereocenters. The van der Waals surface area contributed by atoms with Crippen LogP contribution in [0.3, 0.4) is 0 Å². The highest BCUT2D eigenvalue weighted by Crippen LogP contribution is 2.12. The second-order valence-corrected chi connectivity index (χ2v) is 2.71. The van der Waals surface area contributed by atoms with E-state index in [1.54, 1.807) is 0 Å². The summed E-state index contributed by atoms with van der Waals surface area (Å²) in [5.74, 6) is 0. The van der Waals surface area contributed by atoms with E-state index < -0.39 is 0 Å². The molecule has 1 unspecified atom stereocenters. The molecule has 0 aromatic carbocycles. The van der Waals surface area contributed by atoms with Gasteiger partial charge in [0.2, 0.25) is 0 Å². The van der Waals surface area contributed by atoms with Gasteiger partial charge in [-0.15, -0.1) is 0 Å². The topological polar surface area (TPSA) is 29.5 Å². The molecule has 2 nitrogen and oxygen atoms in total. The van der Waals surface area contributed by atoms with Crippen LogP contribution in [-0.2, 0) is 4.89 Å². The van der Waals surface area contributed by atoms with Crippen molar-refractivity contribution in [2.75, 3.05) is 0 Å². The highest BCUT2D eigenvalue weighted by Gasteiger charge is 2.05. The lowest BCUT2D eigenvalue weighted by Gasteiger charge is -2.10. The Balaban J connectivity index is 2.33. The van der Waals surface area contributed by atoms with Crippen molar-refractivity contribution in [2.24, 2.45) is 0 Å². The summed E-state index contributed by atoms with van der Waals surface area (Å²) < 4.78 is 0. The third-order valence-corrected chi connectivity index (χ3v) is 1.85. The highest BCUT2D eigenvalue weighted by molar-refractivity contribution is 4.90. The summed E-state index contributed by atoms with van der Waals surface area (Å²) >= 11 is 0. The molecule has 0 fully saturated rings. The second-order valence-electron chi connectivity index (χ2n) is 2.71. The zero-order valence-electron chi connectivity index (χ0n) is 6.12. The quantitative estimate of drug-likeness (QED) is 0.346. The van der Waals surface area contributed by atoms with Crippen molar-refractivity contribution < 1.29 is 10.1 Å². The van der Waals surface area contributed by atoms with Gasteiger partial charge >= 0.3 is 0 Å². The minimum Gasteiger partial charge on any atom is -0.251 e. The van der Waals surface area contributed by atoms with E-state index in [1.807, 2.05) is 6.08 Å². The first-order valence-electron chi connectivity index (χ1n) is 3.90. The van der Waals surface area contributed by atoms with Crippen LogP contribution in [-0.4, -0.2) is 11.4 Å². The number of hydrogen-bond donors (Lipinski definition) is 1. The molecule has 2 heteroatoms. The first-order chi connectivity index (χ1) is 4.93. The summed E-state index contributed by atoms with van der Waals surface area (Å²) in [5.41, 5.74) is 0. The Morgan fingerprint density at radius 1 is 1.30 bits per heavy atom. The predicted octanol–water partition coefficient (Wildman–Crippen LogP) is 2.36. The molecule has 1 rings (SSSR count). The Morgan fingerprint density at radius 3 is 3.00 bits per heavy atom. The summed E-state index contributed by atoms with van der Waals surface area (Å²) in [6.07, 6.45) is 9.74. The fraction of sp³-hybridized carbons (Fsp3) is 0.750. The average molecular weight is 142 g/mol. The third kappa shape index (κ3) is 2.50. The Kier molecular flexibility index (Phi) is 3.47. The van der Waals surface area contributed by atoms with Gasteiger partial charge in [0.25, 0.3) is 0 Å². The largest absolute Gasteiger partial charge is 0.251 e. The molecule has 1 aliphatic carbocycles. The van der Waals surface area contributed by atoms with Crippen LogP contribution in [0.1, 0.15) is 32.1 Å². The molecule has 0 radical (unpaired) electrons. The highest BCUT2D eigenvalue weighted by atomic mass is 17.1. The Bertz CT molecular complexity index is 110. The SMILES string of the molecule is OOC1/C=C\CCCCC1. The van der Waals surface area contributed by atoms with Gasteiger partial charge in [0.1, 0.15) is 6.10 Å². The van der Waals surface area contributed by atoms with Crippen molar-refractivity contribution in [3.8, 4) is 0 Å². The summed E-state index contributed by atoms with van der Waals surface area (Å²) in [7, 11) is 0. The molecular weight excluding hydrogens is 128 g/mol. The summed E-state index contributed by atoms with van der Waals surface area (Å²) in [5, 5.41) is 8.36. The van der Waals surface area contributed by atoms with Crippen molar-refractivity contribution in [2.45, 2.75) is 38.2 Å².